The molecular formula is C43H79LiO2-2. The van der Waals surface area contributed by atoms with Crippen LogP contribution in [-0.4, -0.2) is 18.5 Å². The van der Waals surface area contributed by atoms with Gasteiger partial charge in [0.2, 0.25) is 0 Å². The Balaban J connectivity index is -0.00000616. The van der Waals surface area contributed by atoms with Crippen molar-refractivity contribution in [2.24, 2.45) is 0 Å². The Kier molecular flexibility index (Phi) is 42.2. The number of hydrogen-bond donors (Lipinski definition) is 0. The Morgan fingerprint density at radius 1 is 0.500 bits per heavy atom. The van der Waals surface area contributed by atoms with Crippen LogP contribution >= 0.6 is 0 Å². The van der Waals surface area contributed by atoms with Crippen LogP contribution in [0.3, 0.4) is 0 Å². The number of ether oxygens (including phenoxy) is 2. The van der Waals surface area contributed by atoms with Crippen LogP contribution in [0.1, 0.15) is 187 Å². The molecule has 1 atom stereocenters. The van der Waals surface area contributed by atoms with Crippen LogP contribution < -0.4 is 18.9 Å². The number of unbranched alkanes of at least 4 members (excludes halogenated alkanes) is 18. The maximum Gasteiger partial charge on any atom is 1.00 e. The molecule has 0 saturated carbocycles. The molecule has 0 spiro atoms. The fourth-order valence-corrected chi connectivity index (χ4v) is 5.83. The van der Waals surface area contributed by atoms with Crippen LogP contribution in [0.2, 0.25) is 0 Å². The van der Waals surface area contributed by atoms with Gasteiger partial charge >= 0.3 is 18.9 Å². The van der Waals surface area contributed by atoms with E-state index >= 15 is 0 Å². The molecule has 0 amide bonds. The van der Waals surface area contributed by atoms with E-state index in [2.05, 4.69) is 69.4 Å². The normalized spacial score (nSPS) is 16.0. The van der Waals surface area contributed by atoms with Gasteiger partial charge in [0.15, 0.2) is 5.79 Å². The van der Waals surface area contributed by atoms with Crippen molar-refractivity contribution < 1.29 is 28.3 Å². The second-order valence-corrected chi connectivity index (χ2v) is 12.9. The largest absolute Gasteiger partial charge is 1.00 e. The number of rotatable bonds is 31. The second-order valence-electron chi connectivity index (χ2n) is 12.9. The summed E-state index contributed by atoms with van der Waals surface area (Å²) >= 11 is 0. The van der Waals surface area contributed by atoms with E-state index in [-0.39, 0.29) is 45.6 Å². The minimum atomic E-state index is -0.344. The first-order valence-electron chi connectivity index (χ1n) is 19.0. The van der Waals surface area contributed by atoms with Crippen molar-refractivity contribution >= 4 is 0 Å². The van der Waals surface area contributed by atoms with E-state index in [0.717, 1.165) is 25.9 Å². The van der Waals surface area contributed by atoms with Gasteiger partial charge in [-0.2, -0.15) is 6.42 Å². The average molecular weight is 635 g/mol. The molecule has 1 aliphatic heterocycles. The third-order valence-electron chi connectivity index (χ3n) is 8.69. The summed E-state index contributed by atoms with van der Waals surface area (Å²) in [6.07, 6.45) is 52.9. The molecule has 0 unspecified atom stereocenters. The van der Waals surface area contributed by atoms with Crippen molar-refractivity contribution in [3.8, 4) is 0 Å². The minimum absolute atomic E-state index is 0. The number of hydrogen-bond acceptors (Lipinski definition) is 2. The Labute approximate surface area is 303 Å². The van der Waals surface area contributed by atoms with Crippen LogP contribution in [0.25, 0.3) is 0 Å². The van der Waals surface area contributed by atoms with E-state index in [1.54, 1.807) is 0 Å². The van der Waals surface area contributed by atoms with E-state index in [9.17, 15) is 0 Å². The van der Waals surface area contributed by atoms with Gasteiger partial charge in [0.1, 0.15) is 0 Å². The Bertz CT molecular complexity index is 647. The van der Waals surface area contributed by atoms with Gasteiger partial charge in [-0.3, -0.25) is 0 Å². The zero-order chi connectivity index (χ0) is 30.9. The van der Waals surface area contributed by atoms with Crippen molar-refractivity contribution in [2.75, 3.05) is 6.61 Å². The van der Waals surface area contributed by atoms with Crippen molar-refractivity contribution in [2.45, 2.75) is 199 Å². The molecule has 0 bridgehead atoms. The third-order valence-corrected chi connectivity index (χ3v) is 8.69. The predicted octanol–water partition coefficient (Wildman–Crippen LogP) is 11.6. The summed E-state index contributed by atoms with van der Waals surface area (Å²) in [5.74, 6) is -0.344. The van der Waals surface area contributed by atoms with E-state index in [1.165, 1.54) is 154 Å². The average Bonchev–Trinajstić information content (AvgIpc) is 3.44. The summed E-state index contributed by atoms with van der Waals surface area (Å²) in [6, 6.07) is 0. The standard InChI is InChI=1S/C41H73O2.2CH3.Li/c1-4-7-9-11-13-15-17-19-21-23-25-27-29-31-33-35-37-41(42-39-40(6-3)43-41)38-36-34-32-30-28-26-24-22-20-18-16-14-12-10-8-5-2;;;/h13-16,25-28,40H,3-12,17-24,29-39H2,1-2H3;2*1H3;/q3*-1;+1/b15-13-,16-14-,27-25-,28-26-;;;/t40-;;;/m0.../s1. The molecule has 0 aromatic heterocycles. The third kappa shape index (κ3) is 30.8. The van der Waals surface area contributed by atoms with E-state index in [0.29, 0.717) is 0 Å². The van der Waals surface area contributed by atoms with E-state index in [1.807, 2.05) is 0 Å². The SMILES string of the molecule is [CH2-]C[C@H]1COC(CCCCC/C=C\CCCC/C=C\CCCCC)(CCCCC/C=C\CCCC/C=C\CCCCC)O1.[CH3-].[CH3-].[Li+]. The first-order chi connectivity index (χ1) is 21.3. The van der Waals surface area contributed by atoms with Gasteiger partial charge in [-0.1, -0.05) is 101 Å². The molecule has 0 radical (unpaired) electrons. The quantitative estimate of drug-likeness (QED) is 0.0327. The molecule has 1 rings (SSSR count). The van der Waals surface area contributed by atoms with Crippen molar-refractivity contribution in [3.05, 3.63) is 70.4 Å². The summed E-state index contributed by atoms with van der Waals surface area (Å²) in [5.41, 5.74) is 0. The summed E-state index contributed by atoms with van der Waals surface area (Å²) < 4.78 is 12.7. The van der Waals surface area contributed by atoms with Gasteiger partial charge in [-0.25, -0.2) is 0 Å². The molecule has 3 heteroatoms. The number of allylic oxidation sites excluding steroid dienone is 8. The molecule has 1 aliphatic rings. The molecule has 0 aromatic rings. The fraction of sp³-hybridized carbons (Fsp3) is 0.744. The summed E-state index contributed by atoms with van der Waals surface area (Å²) in [7, 11) is 0. The molecule has 0 aliphatic carbocycles. The fourth-order valence-electron chi connectivity index (χ4n) is 5.83. The molecule has 0 N–H and O–H groups in total. The maximum atomic E-state index is 6.42. The maximum absolute atomic E-state index is 6.42. The predicted molar refractivity (Wildman–Crippen MR) is 204 cm³/mol. The summed E-state index contributed by atoms with van der Waals surface area (Å²) in [6.45, 7) is 9.33. The van der Waals surface area contributed by atoms with Crippen molar-refractivity contribution in [3.63, 3.8) is 0 Å². The Hall–Kier alpha value is -0.523. The van der Waals surface area contributed by atoms with Gasteiger partial charge in [0.05, 0.1) is 12.7 Å². The van der Waals surface area contributed by atoms with Gasteiger partial charge in [-0.15, -0.1) is 0 Å². The molecular weight excluding hydrogens is 555 g/mol. The van der Waals surface area contributed by atoms with E-state index < -0.39 is 0 Å². The molecule has 1 fully saturated rings. The van der Waals surface area contributed by atoms with Gasteiger partial charge in [0, 0.05) is 12.8 Å². The molecule has 0 aromatic carbocycles. The van der Waals surface area contributed by atoms with Gasteiger partial charge < -0.3 is 31.3 Å². The monoisotopic (exact) mass is 635 g/mol. The van der Waals surface area contributed by atoms with E-state index in [4.69, 9.17) is 9.47 Å². The van der Waals surface area contributed by atoms with Crippen molar-refractivity contribution in [1.29, 1.82) is 0 Å². The zero-order valence-corrected chi connectivity index (χ0v) is 32.0. The Morgan fingerprint density at radius 3 is 1.09 bits per heavy atom. The molecule has 1 saturated heterocycles. The summed E-state index contributed by atoms with van der Waals surface area (Å²) in [5, 5.41) is 0. The molecule has 1 heterocycles. The van der Waals surface area contributed by atoms with Crippen molar-refractivity contribution in [1.82, 2.24) is 0 Å². The smallest absolute Gasteiger partial charge is 0.358 e. The van der Waals surface area contributed by atoms with Gasteiger partial charge in [0.25, 0.3) is 0 Å². The van der Waals surface area contributed by atoms with Crippen LogP contribution in [0, 0.1) is 21.8 Å². The topological polar surface area (TPSA) is 18.5 Å². The minimum Gasteiger partial charge on any atom is -0.358 e. The second kappa shape index (κ2) is 38.9. The molecule has 46 heavy (non-hydrogen) atoms. The summed E-state index contributed by atoms with van der Waals surface area (Å²) in [4.78, 5) is 0. The van der Waals surface area contributed by atoms with Crippen LogP contribution in [0.15, 0.2) is 48.6 Å². The molecule has 266 valence electrons. The van der Waals surface area contributed by atoms with Crippen LogP contribution in [-0.2, 0) is 9.47 Å². The Morgan fingerprint density at radius 2 is 0.804 bits per heavy atom. The molecule has 2 nitrogen and oxygen atoms in total. The van der Waals surface area contributed by atoms with Crippen LogP contribution in [0.4, 0.5) is 0 Å². The zero-order valence-electron chi connectivity index (χ0n) is 32.0. The van der Waals surface area contributed by atoms with Crippen LogP contribution in [0.5, 0.6) is 0 Å². The van der Waals surface area contributed by atoms with Gasteiger partial charge in [-0.05, 0) is 116 Å². The first kappa shape index (κ1) is 49.9. The first-order valence-corrected chi connectivity index (χ1v) is 19.0.